The molecule has 1 heterocycles. The lowest BCUT2D eigenvalue weighted by molar-refractivity contribution is 0.0776. The van der Waals surface area contributed by atoms with Gasteiger partial charge in [0, 0.05) is 25.4 Å². The molecule has 3 unspecified atom stereocenters. The van der Waals surface area contributed by atoms with Crippen molar-refractivity contribution < 1.29 is 17.9 Å². The molecule has 0 bridgehead atoms. The normalized spacial score (nSPS) is 26.0. The molecule has 1 aromatic rings. The summed E-state index contributed by atoms with van der Waals surface area (Å²) in [5.74, 6) is 1.01. The van der Waals surface area contributed by atoms with Gasteiger partial charge in [0.15, 0.2) is 9.84 Å². The molecule has 0 radical (unpaired) electrons. The van der Waals surface area contributed by atoms with Crippen LogP contribution < -0.4 is 10.5 Å². The first-order valence-electron chi connectivity index (χ1n) is 7.74. The molecule has 1 saturated heterocycles. The second-order valence-electron chi connectivity index (χ2n) is 6.51. The lowest BCUT2D eigenvalue weighted by Gasteiger charge is -2.20. The van der Waals surface area contributed by atoms with Crippen LogP contribution in [0.25, 0.3) is 0 Å². The SMILES string of the molecule is COc1ccc(S(C)(=O)=O)cc1C(=O)N1CC2CCC(N)C2C1.Cl. The third-order valence-corrected chi connectivity index (χ3v) is 6.14. The minimum absolute atomic E-state index is 0. The van der Waals surface area contributed by atoms with Crippen LogP contribution in [0.2, 0.25) is 0 Å². The largest absolute Gasteiger partial charge is 0.496 e. The average Bonchev–Trinajstić information content (AvgIpc) is 3.07. The van der Waals surface area contributed by atoms with E-state index in [0.717, 1.165) is 19.1 Å². The summed E-state index contributed by atoms with van der Waals surface area (Å²) in [7, 11) is -1.90. The van der Waals surface area contributed by atoms with Crippen LogP contribution in [0, 0.1) is 11.8 Å². The number of carbonyl (C=O) groups is 1. The number of hydrogen-bond donors (Lipinski definition) is 1. The van der Waals surface area contributed by atoms with Crippen molar-refractivity contribution in [3.63, 3.8) is 0 Å². The zero-order valence-electron chi connectivity index (χ0n) is 13.8. The van der Waals surface area contributed by atoms with E-state index >= 15 is 0 Å². The zero-order valence-corrected chi connectivity index (χ0v) is 15.4. The highest BCUT2D eigenvalue weighted by molar-refractivity contribution is 7.90. The maximum atomic E-state index is 12.9. The summed E-state index contributed by atoms with van der Waals surface area (Å²) in [4.78, 5) is 14.8. The fourth-order valence-corrected chi connectivity index (χ4v) is 4.38. The highest BCUT2D eigenvalue weighted by Gasteiger charge is 2.43. The molecule has 6 nitrogen and oxygen atoms in total. The monoisotopic (exact) mass is 374 g/mol. The molecule has 2 fully saturated rings. The fraction of sp³-hybridized carbons (Fsp3) is 0.562. The molecule has 134 valence electrons. The van der Waals surface area contributed by atoms with Gasteiger partial charge in [-0.1, -0.05) is 0 Å². The Hall–Kier alpha value is -1.31. The first-order valence-corrected chi connectivity index (χ1v) is 9.63. The van der Waals surface area contributed by atoms with Gasteiger partial charge in [-0.05, 0) is 42.9 Å². The van der Waals surface area contributed by atoms with Crippen molar-refractivity contribution in [2.45, 2.75) is 23.8 Å². The van der Waals surface area contributed by atoms with Gasteiger partial charge in [-0.3, -0.25) is 4.79 Å². The fourth-order valence-electron chi connectivity index (χ4n) is 3.73. The number of methoxy groups -OCH3 is 1. The number of halogens is 1. The molecule has 24 heavy (non-hydrogen) atoms. The van der Waals surface area contributed by atoms with Gasteiger partial charge >= 0.3 is 0 Å². The molecule has 3 rings (SSSR count). The van der Waals surface area contributed by atoms with E-state index < -0.39 is 9.84 Å². The van der Waals surface area contributed by atoms with Crippen molar-refractivity contribution in [3.8, 4) is 5.75 Å². The minimum Gasteiger partial charge on any atom is -0.496 e. The van der Waals surface area contributed by atoms with Crippen LogP contribution in [0.4, 0.5) is 0 Å². The van der Waals surface area contributed by atoms with Gasteiger partial charge in [0.05, 0.1) is 17.6 Å². The lowest BCUT2D eigenvalue weighted by atomic mass is 9.98. The van der Waals surface area contributed by atoms with Gasteiger partial charge in [0.1, 0.15) is 5.75 Å². The Morgan fingerprint density at radius 1 is 1.29 bits per heavy atom. The number of nitrogens with two attached hydrogens (primary N) is 1. The molecule has 2 N–H and O–H groups in total. The minimum atomic E-state index is -3.38. The van der Waals surface area contributed by atoms with Crippen LogP contribution in [0.1, 0.15) is 23.2 Å². The molecular weight excluding hydrogens is 352 g/mol. The number of amides is 1. The second-order valence-corrected chi connectivity index (χ2v) is 8.53. The Morgan fingerprint density at radius 2 is 2.00 bits per heavy atom. The smallest absolute Gasteiger partial charge is 0.257 e. The van der Waals surface area contributed by atoms with Gasteiger partial charge in [0.25, 0.3) is 5.91 Å². The quantitative estimate of drug-likeness (QED) is 0.862. The van der Waals surface area contributed by atoms with E-state index in [1.165, 1.54) is 25.3 Å². The van der Waals surface area contributed by atoms with E-state index in [1.54, 1.807) is 4.90 Å². The Balaban J connectivity index is 0.00000208. The number of rotatable bonds is 3. The van der Waals surface area contributed by atoms with E-state index in [-0.39, 0.29) is 29.3 Å². The highest BCUT2D eigenvalue weighted by atomic mass is 35.5. The van der Waals surface area contributed by atoms with Crippen molar-refractivity contribution in [1.82, 2.24) is 4.90 Å². The van der Waals surface area contributed by atoms with Gasteiger partial charge in [0.2, 0.25) is 0 Å². The summed E-state index contributed by atoms with van der Waals surface area (Å²) in [6.45, 7) is 1.32. The Bertz CT molecular complexity index is 738. The van der Waals surface area contributed by atoms with Crippen LogP contribution in [-0.2, 0) is 9.84 Å². The third-order valence-electron chi connectivity index (χ3n) is 5.03. The lowest BCUT2D eigenvalue weighted by Crippen LogP contribution is -2.33. The van der Waals surface area contributed by atoms with Crippen molar-refractivity contribution in [2.75, 3.05) is 26.5 Å². The van der Waals surface area contributed by atoms with Gasteiger partial charge in [-0.15, -0.1) is 12.4 Å². The topological polar surface area (TPSA) is 89.7 Å². The predicted molar refractivity (Wildman–Crippen MR) is 93.4 cm³/mol. The first kappa shape index (κ1) is 19.0. The van der Waals surface area contributed by atoms with Crippen LogP contribution in [0.15, 0.2) is 23.1 Å². The summed E-state index contributed by atoms with van der Waals surface area (Å²) in [5.41, 5.74) is 6.41. The number of likely N-dealkylation sites (tertiary alicyclic amines) is 1. The van der Waals surface area contributed by atoms with Crippen molar-refractivity contribution in [1.29, 1.82) is 0 Å². The van der Waals surface area contributed by atoms with E-state index in [9.17, 15) is 13.2 Å². The van der Waals surface area contributed by atoms with Crippen LogP contribution in [0.5, 0.6) is 5.75 Å². The maximum absolute atomic E-state index is 12.9. The summed E-state index contributed by atoms with van der Waals surface area (Å²) in [6, 6.07) is 4.55. The van der Waals surface area contributed by atoms with Crippen LogP contribution in [-0.4, -0.2) is 51.7 Å². The molecule has 1 aliphatic carbocycles. The molecule has 3 atom stereocenters. The molecule has 0 spiro atoms. The average molecular weight is 375 g/mol. The molecule has 1 amide bonds. The van der Waals surface area contributed by atoms with Crippen LogP contribution in [0.3, 0.4) is 0 Å². The summed E-state index contributed by atoms with van der Waals surface area (Å²) < 4.78 is 28.7. The number of sulfone groups is 1. The maximum Gasteiger partial charge on any atom is 0.257 e. The van der Waals surface area contributed by atoms with Crippen molar-refractivity contribution in [2.24, 2.45) is 17.6 Å². The van der Waals surface area contributed by atoms with Crippen molar-refractivity contribution >= 4 is 28.2 Å². The molecular formula is C16H23ClN2O4S. The number of nitrogens with zero attached hydrogens (tertiary/aromatic N) is 1. The van der Waals surface area contributed by atoms with E-state index in [0.29, 0.717) is 36.2 Å². The third kappa shape index (κ3) is 3.38. The van der Waals surface area contributed by atoms with E-state index in [4.69, 9.17) is 10.5 Å². The van der Waals surface area contributed by atoms with Gasteiger partial charge < -0.3 is 15.4 Å². The second kappa shape index (κ2) is 6.90. The predicted octanol–water partition coefficient (Wildman–Crippen LogP) is 1.33. The van der Waals surface area contributed by atoms with Gasteiger partial charge in [-0.25, -0.2) is 8.42 Å². The Kier molecular flexibility index (Phi) is 5.47. The van der Waals surface area contributed by atoms with E-state index in [2.05, 4.69) is 0 Å². The molecule has 8 heteroatoms. The summed E-state index contributed by atoms with van der Waals surface area (Å²) >= 11 is 0. The number of fused-ring (bicyclic) bond motifs is 1. The molecule has 2 aliphatic rings. The van der Waals surface area contributed by atoms with Gasteiger partial charge in [-0.2, -0.15) is 0 Å². The molecule has 0 aromatic heterocycles. The first-order chi connectivity index (χ1) is 10.8. The van der Waals surface area contributed by atoms with E-state index in [1.807, 2.05) is 0 Å². The number of benzene rings is 1. The zero-order chi connectivity index (χ0) is 16.8. The Morgan fingerprint density at radius 3 is 2.58 bits per heavy atom. The number of ether oxygens (including phenoxy) is 1. The standard InChI is InChI=1S/C16H22N2O4S.ClH/c1-22-15-6-4-11(23(2,20)21)7-12(15)16(19)18-8-10-3-5-14(17)13(10)9-18;/h4,6-7,10,13-14H,3,5,8-9,17H2,1-2H3;1H. The number of hydrogen-bond acceptors (Lipinski definition) is 5. The molecule has 1 aliphatic heterocycles. The summed E-state index contributed by atoms with van der Waals surface area (Å²) in [6.07, 6.45) is 3.20. The highest BCUT2D eigenvalue weighted by Crippen LogP contribution is 2.38. The van der Waals surface area contributed by atoms with Crippen molar-refractivity contribution in [3.05, 3.63) is 23.8 Å². The van der Waals surface area contributed by atoms with Crippen LogP contribution >= 0.6 is 12.4 Å². The molecule has 1 aromatic carbocycles. The Labute approximate surface area is 148 Å². The molecule has 1 saturated carbocycles. The number of carbonyl (C=O) groups excluding carboxylic acids is 1. The summed E-state index contributed by atoms with van der Waals surface area (Å²) in [5, 5.41) is 0.